The molecule has 0 amide bonds. The van der Waals surface area contributed by atoms with Crippen molar-refractivity contribution < 1.29 is 31.1 Å². The van der Waals surface area contributed by atoms with E-state index in [4.69, 9.17) is 4.74 Å². The molecule has 1 saturated heterocycles. The topological polar surface area (TPSA) is 52.6 Å². The standard InChI is InChI=1S/C13H15F3O4S/c1-9(21(17,18)12-5-6-19-8-12)10-3-2-4-11(7-10)20-13(14,15)16/h2-4,7,9,12H,5-6,8H2,1H3. The molecule has 8 heteroatoms. The van der Waals surface area contributed by atoms with Crippen molar-refractivity contribution >= 4 is 9.84 Å². The molecule has 0 spiro atoms. The van der Waals surface area contributed by atoms with E-state index in [0.29, 0.717) is 13.0 Å². The van der Waals surface area contributed by atoms with Crippen molar-refractivity contribution in [2.45, 2.75) is 30.2 Å². The molecule has 1 aliphatic heterocycles. The van der Waals surface area contributed by atoms with Crippen LogP contribution in [0.5, 0.6) is 5.75 Å². The summed E-state index contributed by atoms with van der Waals surface area (Å²) in [5, 5.41) is -1.53. The number of alkyl halides is 3. The second-order valence-corrected chi connectivity index (χ2v) is 7.39. The van der Waals surface area contributed by atoms with Crippen LogP contribution in [-0.4, -0.2) is 33.2 Å². The van der Waals surface area contributed by atoms with E-state index < -0.39 is 32.4 Å². The molecule has 1 aromatic rings. The van der Waals surface area contributed by atoms with Crippen molar-refractivity contribution in [3.63, 3.8) is 0 Å². The Hall–Kier alpha value is -1.28. The lowest BCUT2D eigenvalue weighted by atomic mass is 10.1. The third kappa shape index (κ3) is 3.88. The van der Waals surface area contributed by atoms with Gasteiger partial charge in [0.15, 0.2) is 9.84 Å². The van der Waals surface area contributed by atoms with E-state index in [1.165, 1.54) is 19.1 Å². The van der Waals surface area contributed by atoms with Gasteiger partial charge in [0.1, 0.15) is 5.75 Å². The highest BCUT2D eigenvalue weighted by molar-refractivity contribution is 7.92. The van der Waals surface area contributed by atoms with E-state index in [-0.39, 0.29) is 12.2 Å². The number of benzene rings is 1. The Bertz CT molecular complexity index is 592. The molecule has 1 heterocycles. The highest BCUT2D eigenvalue weighted by atomic mass is 32.2. The number of sulfone groups is 1. The van der Waals surface area contributed by atoms with Crippen molar-refractivity contribution in [3.8, 4) is 5.75 Å². The lowest BCUT2D eigenvalue weighted by Crippen LogP contribution is -2.26. The van der Waals surface area contributed by atoms with Gasteiger partial charge in [-0.3, -0.25) is 0 Å². The van der Waals surface area contributed by atoms with E-state index in [0.717, 1.165) is 12.1 Å². The van der Waals surface area contributed by atoms with Gasteiger partial charge in [0.05, 0.1) is 17.1 Å². The summed E-state index contributed by atoms with van der Waals surface area (Å²) >= 11 is 0. The highest BCUT2D eigenvalue weighted by Crippen LogP contribution is 2.32. The zero-order valence-electron chi connectivity index (χ0n) is 11.3. The van der Waals surface area contributed by atoms with Crippen LogP contribution in [-0.2, 0) is 14.6 Å². The summed E-state index contributed by atoms with van der Waals surface area (Å²) in [6.45, 7) is 1.97. The van der Waals surface area contributed by atoms with E-state index in [9.17, 15) is 21.6 Å². The first-order valence-corrected chi connectivity index (χ1v) is 7.97. The molecule has 2 unspecified atom stereocenters. The lowest BCUT2D eigenvalue weighted by Gasteiger charge is -2.18. The van der Waals surface area contributed by atoms with Gasteiger partial charge in [-0.25, -0.2) is 8.42 Å². The first-order valence-electron chi connectivity index (χ1n) is 6.36. The smallest absolute Gasteiger partial charge is 0.406 e. The van der Waals surface area contributed by atoms with Crippen LogP contribution in [0.25, 0.3) is 0 Å². The summed E-state index contributed by atoms with van der Waals surface area (Å²) in [5.41, 5.74) is 0.267. The van der Waals surface area contributed by atoms with Crippen LogP contribution in [0.4, 0.5) is 13.2 Å². The molecule has 21 heavy (non-hydrogen) atoms. The fraction of sp³-hybridized carbons (Fsp3) is 0.538. The third-order valence-corrected chi connectivity index (χ3v) is 5.97. The van der Waals surface area contributed by atoms with Crippen molar-refractivity contribution in [2.24, 2.45) is 0 Å². The largest absolute Gasteiger partial charge is 0.573 e. The molecule has 0 saturated carbocycles. The first-order chi connectivity index (χ1) is 9.70. The maximum Gasteiger partial charge on any atom is 0.573 e. The second kappa shape index (κ2) is 5.84. The second-order valence-electron chi connectivity index (χ2n) is 4.84. The van der Waals surface area contributed by atoms with Crippen LogP contribution >= 0.6 is 0 Å². The molecule has 0 bridgehead atoms. The molecular formula is C13H15F3O4S. The first kappa shape index (κ1) is 16.1. The predicted molar refractivity (Wildman–Crippen MR) is 69.7 cm³/mol. The summed E-state index contributed by atoms with van der Waals surface area (Å²) in [4.78, 5) is 0. The number of ether oxygens (including phenoxy) is 2. The van der Waals surface area contributed by atoms with E-state index in [2.05, 4.69) is 4.74 Å². The minimum atomic E-state index is -4.81. The van der Waals surface area contributed by atoms with Gasteiger partial charge in [-0.05, 0) is 31.0 Å². The molecule has 0 aliphatic carbocycles. The Kier molecular flexibility index (Phi) is 4.48. The summed E-state index contributed by atoms with van der Waals surface area (Å²) in [5.74, 6) is -0.426. The van der Waals surface area contributed by atoms with E-state index in [1.54, 1.807) is 0 Å². The molecule has 0 N–H and O–H groups in total. The molecule has 0 aromatic heterocycles. The predicted octanol–water partition coefficient (Wildman–Crippen LogP) is 2.85. The SMILES string of the molecule is CC(c1cccc(OC(F)(F)F)c1)S(=O)(=O)C1CCOC1. The Balaban J connectivity index is 2.23. The zero-order chi connectivity index (χ0) is 15.7. The van der Waals surface area contributed by atoms with Crippen LogP contribution in [0.1, 0.15) is 24.2 Å². The number of hydrogen-bond donors (Lipinski definition) is 0. The summed E-state index contributed by atoms with van der Waals surface area (Å²) in [6, 6.07) is 5.05. The van der Waals surface area contributed by atoms with Crippen LogP contribution in [0, 0.1) is 0 Å². The Morgan fingerprint density at radius 2 is 2.10 bits per heavy atom. The summed E-state index contributed by atoms with van der Waals surface area (Å²) < 4.78 is 70.2. The number of halogens is 3. The van der Waals surface area contributed by atoms with Crippen molar-refractivity contribution in [1.82, 2.24) is 0 Å². The Morgan fingerprint density at radius 1 is 1.38 bits per heavy atom. The van der Waals surface area contributed by atoms with Gasteiger partial charge in [-0.2, -0.15) is 0 Å². The molecule has 2 atom stereocenters. The summed E-state index contributed by atoms with van der Waals surface area (Å²) in [6.07, 6.45) is -4.40. The maximum atomic E-state index is 12.4. The van der Waals surface area contributed by atoms with E-state index >= 15 is 0 Å². The van der Waals surface area contributed by atoms with Gasteiger partial charge in [0.2, 0.25) is 0 Å². The molecule has 4 nitrogen and oxygen atoms in total. The Labute approximate surface area is 120 Å². The fourth-order valence-corrected chi connectivity index (χ4v) is 4.03. The Morgan fingerprint density at radius 3 is 2.67 bits per heavy atom. The van der Waals surface area contributed by atoms with Crippen LogP contribution in [0.15, 0.2) is 24.3 Å². The molecule has 1 fully saturated rings. The van der Waals surface area contributed by atoms with Gasteiger partial charge in [0, 0.05) is 6.61 Å². The molecule has 1 aromatic carbocycles. The average molecular weight is 324 g/mol. The quantitative estimate of drug-likeness (QED) is 0.854. The molecule has 2 rings (SSSR count). The van der Waals surface area contributed by atoms with Gasteiger partial charge >= 0.3 is 6.36 Å². The molecular weight excluding hydrogens is 309 g/mol. The molecule has 1 aliphatic rings. The van der Waals surface area contributed by atoms with Crippen LogP contribution in [0.3, 0.4) is 0 Å². The minimum absolute atomic E-state index is 0.130. The average Bonchev–Trinajstić information content (AvgIpc) is 2.90. The normalized spacial score (nSPS) is 21.2. The third-order valence-electron chi connectivity index (χ3n) is 3.41. The van der Waals surface area contributed by atoms with Crippen molar-refractivity contribution in [1.29, 1.82) is 0 Å². The van der Waals surface area contributed by atoms with Crippen LogP contribution < -0.4 is 4.74 Å². The van der Waals surface area contributed by atoms with Crippen molar-refractivity contribution in [2.75, 3.05) is 13.2 Å². The minimum Gasteiger partial charge on any atom is -0.406 e. The number of hydrogen-bond acceptors (Lipinski definition) is 4. The molecule has 0 radical (unpaired) electrons. The fourth-order valence-electron chi connectivity index (χ4n) is 2.21. The van der Waals surface area contributed by atoms with Gasteiger partial charge in [-0.15, -0.1) is 13.2 Å². The van der Waals surface area contributed by atoms with Crippen molar-refractivity contribution in [3.05, 3.63) is 29.8 Å². The lowest BCUT2D eigenvalue weighted by molar-refractivity contribution is -0.274. The highest BCUT2D eigenvalue weighted by Gasteiger charge is 2.35. The van der Waals surface area contributed by atoms with Gasteiger partial charge in [0.25, 0.3) is 0 Å². The van der Waals surface area contributed by atoms with Gasteiger partial charge in [-0.1, -0.05) is 12.1 Å². The summed E-state index contributed by atoms with van der Waals surface area (Å²) in [7, 11) is -3.51. The number of rotatable bonds is 4. The zero-order valence-corrected chi connectivity index (χ0v) is 12.1. The van der Waals surface area contributed by atoms with Crippen LogP contribution in [0.2, 0.25) is 0 Å². The molecule has 118 valence electrons. The monoisotopic (exact) mass is 324 g/mol. The van der Waals surface area contributed by atoms with E-state index in [1.807, 2.05) is 0 Å². The maximum absolute atomic E-state index is 12.4. The van der Waals surface area contributed by atoms with Gasteiger partial charge < -0.3 is 9.47 Å².